The van der Waals surface area contributed by atoms with E-state index in [9.17, 15) is 9.59 Å². The predicted molar refractivity (Wildman–Crippen MR) is 119 cm³/mol. The van der Waals surface area contributed by atoms with E-state index >= 15 is 0 Å². The molecule has 2 aromatic carbocycles. The molecule has 148 valence electrons. The van der Waals surface area contributed by atoms with Crippen molar-refractivity contribution in [3.8, 4) is 11.3 Å². The summed E-state index contributed by atoms with van der Waals surface area (Å²) in [5.41, 5.74) is 2.58. The topological polar surface area (TPSA) is 84.0 Å². The Labute approximate surface area is 177 Å². The van der Waals surface area contributed by atoms with E-state index in [1.165, 1.54) is 11.3 Å². The second-order valence-corrected chi connectivity index (χ2v) is 8.10. The van der Waals surface area contributed by atoms with Gasteiger partial charge in [-0.1, -0.05) is 24.3 Å². The first-order valence-electron chi connectivity index (χ1n) is 9.68. The summed E-state index contributed by atoms with van der Waals surface area (Å²) in [6, 6.07) is 15.2. The third kappa shape index (κ3) is 3.79. The number of pyridine rings is 1. The van der Waals surface area contributed by atoms with Crippen LogP contribution >= 0.6 is 11.3 Å². The molecule has 0 spiro atoms. The van der Waals surface area contributed by atoms with Crippen LogP contribution < -0.4 is 10.6 Å². The molecule has 0 radical (unpaired) electrons. The monoisotopic (exact) mass is 414 g/mol. The SMILES string of the molecule is O=C(Nc1nc(-c2cccnc2)cs1)c1cc2ccccc2cc1NC(=O)C1CC1. The van der Waals surface area contributed by atoms with Crippen LogP contribution in [-0.4, -0.2) is 21.8 Å². The van der Waals surface area contributed by atoms with Gasteiger partial charge in [0.25, 0.3) is 5.91 Å². The standard InChI is InChI=1S/C23H18N4O2S/c28-21(14-7-8-14)25-19-11-16-5-2-1-4-15(16)10-18(19)22(29)27-23-26-20(13-30-23)17-6-3-9-24-12-17/h1-6,9-14H,7-8H2,(H,25,28)(H,26,27,29). The Morgan fingerprint density at radius 3 is 2.53 bits per heavy atom. The third-order valence-electron chi connectivity index (χ3n) is 5.02. The Morgan fingerprint density at radius 2 is 1.80 bits per heavy atom. The van der Waals surface area contributed by atoms with E-state index in [4.69, 9.17) is 0 Å². The molecule has 2 N–H and O–H groups in total. The van der Waals surface area contributed by atoms with Gasteiger partial charge < -0.3 is 5.32 Å². The summed E-state index contributed by atoms with van der Waals surface area (Å²) in [5, 5.41) is 10.1. The second kappa shape index (κ2) is 7.68. The van der Waals surface area contributed by atoms with Crippen molar-refractivity contribution in [2.24, 2.45) is 5.92 Å². The number of amides is 2. The van der Waals surface area contributed by atoms with Crippen molar-refractivity contribution in [3.05, 3.63) is 71.9 Å². The summed E-state index contributed by atoms with van der Waals surface area (Å²) < 4.78 is 0. The highest BCUT2D eigenvalue weighted by Crippen LogP contribution is 2.32. The first-order chi connectivity index (χ1) is 14.7. The fourth-order valence-electron chi connectivity index (χ4n) is 3.25. The molecule has 1 fully saturated rings. The zero-order valence-corrected chi connectivity index (χ0v) is 16.8. The molecule has 1 aliphatic carbocycles. The second-order valence-electron chi connectivity index (χ2n) is 7.24. The molecule has 0 bridgehead atoms. The molecule has 5 rings (SSSR count). The van der Waals surface area contributed by atoms with Gasteiger partial charge in [-0.15, -0.1) is 11.3 Å². The molecule has 7 heteroatoms. The lowest BCUT2D eigenvalue weighted by atomic mass is 10.0. The molecular formula is C23H18N4O2S. The van der Waals surface area contributed by atoms with Crippen molar-refractivity contribution in [2.75, 3.05) is 10.6 Å². The number of nitrogens with one attached hydrogen (secondary N) is 2. The molecule has 4 aromatic rings. The number of carbonyl (C=O) groups is 2. The van der Waals surface area contributed by atoms with Gasteiger partial charge in [0.1, 0.15) is 0 Å². The fourth-order valence-corrected chi connectivity index (χ4v) is 3.97. The minimum Gasteiger partial charge on any atom is -0.325 e. The van der Waals surface area contributed by atoms with Crippen LogP contribution in [0.3, 0.4) is 0 Å². The average Bonchev–Trinajstić information content (AvgIpc) is 3.53. The molecule has 30 heavy (non-hydrogen) atoms. The number of anilines is 2. The number of rotatable bonds is 5. The van der Waals surface area contributed by atoms with Gasteiger partial charge in [-0.2, -0.15) is 0 Å². The van der Waals surface area contributed by atoms with Gasteiger partial charge in [-0.05, 0) is 47.9 Å². The van der Waals surface area contributed by atoms with Crippen molar-refractivity contribution in [1.29, 1.82) is 0 Å². The first kappa shape index (κ1) is 18.4. The number of hydrogen-bond donors (Lipinski definition) is 2. The molecule has 1 saturated carbocycles. The normalized spacial score (nSPS) is 13.2. The van der Waals surface area contributed by atoms with E-state index < -0.39 is 0 Å². The van der Waals surface area contributed by atoms with Crippen molar-refractivity contribution in [3.63, 3.8) is 0 Å². The van der Waals surface area contributed by atoms with E-state index in [1.54, 1.807) is 12.4 Å². The van der Waals surface area contributed by atoms with Crippen molar-refractivity contribution < 1.29 is 9.59 Å². The van der Waals surface area contributed by atoms with E-state index in [0.29, 0.717) is 16.4 Å². The number of carbonyl (C=O) groups excluding carboxylic acids is 2. The maximum atomic E-state index is 13.1. The lowest BCUT2D eigenvalue weighted by molar-refractivity contribution is -0.117. The average molecular weight is 414 g/mol. The first-order valence-corrected chi connectivity index (χ1v) is 10.6. The number of thiazole rings is 1. The maximum absolute atomic E-state index is 13.1. The van der Waals surface area contributed by atoms with E-state index in [2.05, 4.69) is 20.6 Å². The summed E-state index contributed by atoms with van der Waals surface area (Å²) in [6.45, 7) is 0. The summed E-state index contributed by atoms with van der Waals surface area (Å²) in [5.74, 6) is -0.292. The minimum atomic E-state index is -0.307. The molecule has 2 amide bonds. The summed E-state index contributed by atoms with van der Waals surface area (Å²) in [7, 11) is 0. The molecule has 0 aliphatic heterocycles. The molecule has 0 atom stereocenters. The number of fused-ring (bicyclic) bond motifs is 1. The lowest BCUT2D eigenvalue weighted by Crippen LogP contribution is -2.19. The van der Waals surface area contributed by atoms with Gasteiger partial charge in [0, 0.05) is 29.3 Å². The predicted octanol–water partition coefficient (Wildman–Crippen LogP) is 4.96. The number of nitrogens with zero attached hydrogens (tertiary/aromatic N) is 2. The van der Waals surface area contributed by atoms with Crippen molar-refractivity contribution >= 4 is 44.7 Å². The van der Waals surface area contributed by atoms with Crippen LogP contribution in [0.4, 0.5) is 10.8 Å². The molecule has 6 nitrogen and oxygen atoms in total. The highest BCUT2D eigenvalue weighted by molar-refractivity contribution is 7.14. The number of hydrogen-bond acceptors (Lipinski definition) is 5. The molecular weight excluding hydrogens is 396 g/mol. The van der Waals surface area contributed by atoms with Crippen molar-refractivity contribution in [2.45, 2.75) is 12.8 Å². The Bertz CT molecular complexity index is 1250. The Hall–Kier alpha value is -3.58. The van der Waals surface area contributed by atoms with Crippen LogP contribution in [-0.2, 0) is 4.79 Å². The van der Waals surface area contributed by atoms with E-state index in [0.717, 1.165) is 34.9 Å². The van der Waals surface area contributed by atoms with Gasteiger partial charge in [-0.25, -0.2) is 4.98 Å². The Balaban J connectivity index is 1.44. The van der Waals surface area contributed by atoms with E-state index in [-0.39, 0.29) is 17.7 Å². The Kier molecular flexibility index (Phi) is 4.72. The van der Waals surface area contributed by atoms with Gasteiger partial charge >= 0.3 is 0 Å². The summed E-state index contributed by atoms with van der Waals surface area (Å²) in [4.78, 5) is 34.0. The van der Waals surface area contributed by atoms with Crippen LogP contribution in [0.1, 0.15) is 23.2 Å². The van der Waals surface area contributed by atoms with Crippen LogP contribution in [0.2, 0.25) is 0 Å². The zero-order chi connectivity index (χ0) is 20.5. The Morgan fingerprint density at radius 1 is 1.00 bits per heavy atom. The van der Waals surface area contributed by atoms with E-state index in [1.807, 2.05) is 53.9 Å². The van der Waals surface area contributed by atoms with Gasteiger partial charge in [0.05, 0.1) is 16.9 Å². The van der Waals surface area contributed by atoms with Crippen LogP contribution in [0.5, 0.6) is 0 Å². The quantitative estimate of drug-likeness (QED) is 0.483. The molecule has 0 unspecified atom stereocenters. The fraction of sp³-hybridized carbons (Fsp3) is 0.130. The summed E-state index contributed by atoms with van der Waals surface area (Å²) in [6.07, 6.45) is 5.24. The molecule has 2 aromatic heterocycles. The van der Waals surface area contributed by atoms with Crippen molar-refractivity contribution in [1.82, 2.24) is 9.97 Å². The van der Waals surface area contributed by atoms with Crippen LogP contribution in [0.25, 0.3) is 22.0 Å². The molecule has 1 aliphatic rings. The van der Waals surface area contributed by atoms with Gasteiger partial charge in [-0.3, -0.25) is 19.9 Å². The zero-order valence-electron chi connectivity index (χ0n) is 16.0. The molecule has 2 heterocycles. The van der Waals surface area contributed by atoms with Gasteiger partial charge in [0.2, 0.25) is 5.91 Å². The van der Waals surface area contributed by atoms with Crippen LogP contribution in [0.15, 0.2) is 66.3 Å². The van der Waals surface area contributed by atoms with Crippen LogP contribution in [0, 0.1) is 5.92 Å². The third-order valence-corrected chi connectivity index (χ3v) is 5.78. The van der Waals surface area contributed by atoms with Gasteiger partial charge in [0.15, 0.2) is 5.13 Å². The maximum Gasteiger partial charge on any atom is 0.259 e. The lowest BCUT2D eigenvalue weighted by Gasteiger charge is -2.12. The minimum absolute atomic E-state index is 0.0348. The smallest absolute Gasteiger partial charge is 0.259 e. The number of aromatic nitrogens is 2. The number of benzene rings is 2. The molecule has 0 saturated heterocycles. The highest BCUT2D eigenvalue weighted by atomic mass is 32.1. The largest absolute Gasteiger partial charge is 0.325 e. The summed E-state index contributed by atoms with van der Waals surface area (Å²) >= 11 is 1.35. The highest BCUT2D eigenvalue weighted by Gasteiger charge is 2.30.